The molecular formula is C22H19N7O2. The van der Waals surface area contributed by atoms with Gasteiger partial charge in [0, 0.05) is 5.56 Å². The zero-order chi connectivity index (χ0) is 22.2. The van der Waals surface area contributed by atoms with E-state index in [1.54, 1.807) is 42.5 Å². The summed E-state index contributed by atoms with van der Waals surface area (Å²) >= 11 is 0. The molecule has 2 aromatic carbocycles. The number of anilines is 1. The molecule has 5 N–H and O–H groups in total. The van der Waals surface area contributed by atoms with Gasteiger partial charge in [0.1, 0.15) is 5.71 Å². The highest BCUT2D eigenvalue weighted by Gasteiger charge is 2.10. The van der Waals surface area contributed by atoms with Crippen LogP contribution >= 0.6 is 0 Å². The number of aliphatic imine (C=N–C) groups is 1. The molecule has 0 aliphatic carbocycles. The summed E-state index contributed by atoms with van der Waals surface area (Å²) in [6, 6.07) is 17.9. The van der Waals surface area contributed by atoms with E-state index in [0.717, 1.165) is 5.56 Å². The molecule has 0 aliphatic rings. The van der Waals surface area contributed by atoms with Crippen LogP contribution < -0.4 is 11.6 Å². The van der Waals surface area contributed by atoms with Crippen molar-refractivity contribution in [3.63, 3.8) is 0 Å². The molecular weight excluding hydrogens is 394 g/mol. The molecule has 0 aliphatic heterocycles. The van der Waals surface area contributed by atoms with Crippen LogP contribution in [0.25, 0.3) is 11.3 Å². The SMILES string of the molecule is N#Cc1cccc(-c2cc(C(C=NCc3cccc(CC(=O)O)c3)=NN)nc(N)n2)c1. The number of aliphatic carboxylic acids is 1. The van der Waals surface area contributed by atoms with E-state index in [0.29, 0.717) is 40.3 Å². The van der Waals surface area contributed by atoms with Crippen LogP contribution in [-0.4, -0.2) is 33.0 Å². The summed E-state index contributed by atoms with van der Waals surface area (Å²) in [6.45, 7) is 0.310. The number of carboxylic acid groups (broad SMARTS) is 1. The summed E-state index contributed by atoms with van der Waals surface area (Å²) in [4.78, 5) is 23.6. The number of nitrogen functional groups attached to an aromatic ring is 1. The molecule has 0 saturated heterocycles. The highest BCUT2D eigenvalue weighted by Crippen LogP contribution is 2.20. The number of hydrogen-bond acceptors (Lipinski definition) is 8. The molecule has 9 heteroatoms. The Hall–Kier alpha value is -4.58. The number of nitrogens with zero attached hydrogens (tertiary/aromatic N) is 5. The highest BCUT2D eigenvalue weighted by molar-refractivity contribution is 6.37. The summed E-state index contributed by atoms with van der Waals surface area (Å²) in [5, 5.41) is 21.8. The van der Waals surface area contributed by atoms with Crippen molar-refractivity contribution in [3.05, 3.63) is 77.0 Å². The van der Waals surface area contributed by atoms with Crippen LogP contribution in [0.2, 0.25) is 0 Å². The number of benzene rings is 2. The van der Waals surface area contributed by atoms with Gasteiger partial charge in [0.2, 0.25) is 5.95 Å². The second-order valence-electron chi connectivity index (χ2n) is 6.56. The van der Waals surface area contributed by atoms with Gasteiger partial charge in [-0.05, 0) is 29.3 Å². The first-order valence-corrected chi connectivity index (χ1v) is 9.21. The Morgan fingerprint density at radius 3 is 2.65 bits per heavy atom. The predicted octanol–water partition coefficient (Wildman–Crippen LogP) is 2.16. The number of aromatic nitrogens is 2. The Morgan fingerprint density at radius 2 is 1.90 bits per heavy atom. The largest absolute Gasteiger partial charge is 0.481 e. The molecule has 3 aromatic rings. The topological polar surface area (TPSA) is 164 Å². The fourth-order valence-electron chi connectivity index (χ4n) is 2.91. The second-order valence-corrected chi connectivity index (χ2v) is 6.56. The molecule has 0 atom stereocenters. The number of nitriles is 1. The number of carboxylic acids is 1. The van der Waals surface area contributed by atoms with Crippen molar-refractivity contribution in [1.82, 2.24) is 9.97 Å². The fraction of sp³-hybridized carbons (Fsp3) is 0.0909. The van der Waals surface area contributed by atoms with Crippen molar-refractivity contribution in [2.24, 2.45) is 15.9 Å². The number of hydrazone groups is 1. The first kappa shape index (κ1) is 21.1. The van der Waals surface area contributed by atoms with E-state index in [1.165, 1.54) is 6.21 Å². The molecule has 0 fully saturated rings. The van der Waals surface area contributed by atoms with Crippen LogP contribution in [-0.2, 0) is 17.8 Å². The summed E-state index contributed by atoms with van der Waals surface area (Å²) in [7, 11) is 0. The fourth-order valence-corrected chi connectivity index (χ4v) is 2.91. The van der Waals surface area contributed by atoms with E-state index in [-0.39, 0.29) is 12.4 Å². The zero-order valence-electron chi connectivity index (χ0n) is 16.4. The van der Waals surface area contributed by atoms with Gasteiger partial charge in [-0.3, -0.25) is 9.79 Å². The summed E-state index contributed by atoms with van der Waals surface area (Å²) in [5.41, 5.74) is 9.82. The van der Waals surface area contributed by atoms with E-state index < -0.39 is 5.97 Å². The molecule has 0 saturated carbocycles. The molecule has 0 spiro atoms. The maximum Gasteiger partial charge on any atom is 0.307 e. The van der Waals surface area contributed by atoms with Crippen molar-refractivity contribution in [2.75, 3.05) is 5.73 Å². The van der Waals surface area contributed by atoms with Crippen molar-refractivity contribution in [2.45, 2.75) is 13.0 Å². The maximum atomic E-state index is 10.9. The van der Waals surface area contributed by atoms with Crippen molar-refractivity contribution >= 4 is 23.8 Å². The molecule has 154 valence electrons. The smallest absolute Gasteiger partial charge is 0.307 e. The van der Waals surface area contributed by atoms with Gasteiger partial charge in [-0.15, -0.1) is 0 Å². The lowest BCUT2D eigenvalue weighted by molar-refractivity contribution is -0.136. The first-order chi connectivity index (χ1) is 15.0. The number of nitrogens with two attached hydrogens (primary N) is 2. The minimum atomic E-state index is -0.893. The van der Waals surface area contributed by atoms with Gasteiger partial charge in [-0.1, -0.05) is 36.4 Å². The second kappa shape index (κ2) is 9.76. The van der Waals surface area contributed by atoms with Crippen molar-refractivity contribution < 1.29 is 9.90 Å². The Labute approximate surface area is 178 Å². The van der Waals surface area contributed by atoms with Gasteiger partial charge in [0.15, 0.2) is 0 Å². The van der Waals surface area contributed by atoms with Crippen molar-refractivity contribution in [3.8, 4) is 17.3 Å². The van der Waals surface area contributed by atoms with Crippen LogP contribution in [0.3, 0.4) is 0 Å². The molecule has 0 radical (unpaired) electrons. The van der Waals surface area contributed by atoms with Gasteiger partial charge < -0.3 is 16.7 Å². The average Bonchev–Trinajstić information content (AvgIpc) is 2.76. The molecule has 1 heterocycles. The van der Waals surface area contributed by atoms with Crippen LogP contribution in [0.4, 0.5) is 5.95 Å². The normalized spacial score (nSPS) is 11.4. The monoisotopic (exact) mass is 413 g/mol. The Morgan fingerprint density at radius 1 is 1.13 bits per heavy atom. The molecule has 1 aromatic heterocycles. The van der Waals surface area contributed by atoms with Gasteiger partial charge in [0.05, 0.1) is 42.2 Å². The van der Waals surface area contributed by atoms with Crippen LogP contribution in [0, 0.1) is 11.3 Å². The third kappa shape index (κ3) is 5.71. The zero-order valence-corrected chi connectivity index (χ0v) is 16.4. The summed E-state index contributed by atoms with van der Waals surface area (Å²) in [6.07, 6.45) is 1.42. The van der Waals surface area contributed by atoms with Gasteiger partial charge in [-0.2, -0.15) is 10.4 Å². The van der Waals surface area contributed by atoms with Gasteiger partial charge in [-0.25, -0.2) is 9.97 Å². The summed E-state index contributed by atoms with van der Waals surface area (Å²) < 4.78 is 0. The van der Waals surface area contributed by atoms with Crippen LogP contribution in [0.15, 0.2) is 64.7 Å². The molecule has 0 unspecified atom stereocenters. The van der Waals surface area contributed by atoms with E-state index in [9.17, 15) is 4.79 Å². The minimum Gasteiger partial charge on any atom is -0.481 e. The standard InChI is InChI=1S/C22H19N7O2/c23-11-15-4-2-6-17(8-15)18-10-19(28-22(24)27-18)20(29-25)13-26-12-16-5-1-3-14(7-16)9-21(30)31/h1-8,10,13H,9,12,25H2,(H,30,31)(H2,24,27,28). The van der Waals surface area contributed by atoms with E-state index >= 15 is 0 Å². The lowest BCUT2D eigenvalue weighted by atomic mass is 10.1. The van der Waals surface area contributed by atoms with Gasteiger partial charge >= 0.3 is 5.97 Å². The number of rotatable bonds is 7. The molecule has 9 nitrogen and oxygen atoms in total. The predicted molar refractivity (Wildman–Crippen MR) is 117 cm³/mol. The maximum absolute atomic E-state index is 10.9. The molecule has 31 heavy (non-hydrogen) atoms. The third-order valence-electron chi connectivity index (χ3n) is 4.27. The lowest BCUT2D eigenvalue weighted by Gasteiger charge is -2.06. The number of carbonyl (C=O) groups is 1. The van der Waals surface area contributed by atoms with E-state index in [2.05, 4.69) is 26.1 Å². The molecule has 3 rings (SSSR count). The van der Waals surface area contributed by atoms with Crippen LogP contribution in [0.5, 0.6) is 0 Å². The highest BCUT2D eigenvalue weighted by atomic mass is 16.4. The quantitative estimate of drug-likeness (QED) is 0.303. The Kier molecular flexibility index (Phi) is 6.65. The molecule has 0 amide bonds. The Balaban J connectivity index is 1.82. The number of hydrogen-bond donors (Lipinski definition) is 3. The summed E-state index contributed by atoms with van der Waals surface area (Å²) in [5.74, 6) is 4.68. The molecule has 0 bridgehead atoms. The van der Waals surface area contributed by atoms with Gasteiger partial charge in [0.25, 0.3) is 0 Å². The lowest BCUT2D eigenvalue weighted by Crippen LogP contribution is -2.11. The van der Waals surface area contributed by atoms with Crippen LogP contribution in [0.1, 0.15) is 22.4 Å². The van der Waals surface area contributed by atoms with E-state index in [4.69, 9.17) is 21.9 Å². The third-order valence-corrected chi connectivity index (χ3v) is 4.27. The Bertz CT molecular complexity index is 1210. The first-order valence-electron chi connectivity index (χ1n) is 9.21. The average molecular weight is 413 g/mol. The van der Waals surface area contributed by atoms with Crippen molar-refractivity contribution in [1.29, 1.82) is 5.26 Å². The minimum absolute atomic E-state index is 0.0331. The van der Waals surface area contributed by atoms with E-state index in [1.807, 2.05) is 12.1 Å².